The van der Waals surface area contributed by atoms with Gasteiger partial charge in [0, 0.05) is 18.7 Å². The van der Waals surface area contributed by atoms with E-state index in [0.717, 1.165) is 0 Å². The van der Waals surface area contributed by atoms with Gasteiger partial charge in [0.05, 0.1) is 5.56 Å². The van der Waals surface area contributed by atoms with Crippen molar-refractivity contribution >= 4 is 28.2 Å². The molecule has 3 N–H and O–H groups in total. The maximum atomic E-state index is 12.4. The van der Waals surface area contributed by atoms with Crippen LogP contribution in [0.15, 0.2) is 35.7 Å². The molecule has 0 aliphatic carbocycles. The van der Waals surface area contributed by atoms with Gasteiger partial charge in [-0.2, -0.15) is 0 Å². The van der Waals surface area contributed by atoms with Gasteiger partial charge in [0.25, 0.3) is 11.8 Å². The molecule has 0 unspecified atom stereocenters. The number of rotatable bonds is 7. The van der Waals surface area contributed by atoms with E-state index in [1.54, 1.807) is 11.4 Å². The van der Waals surface area contributed by atoms with Gasteiger partial charge in [-0.25, -0.2) is 0 Å². The molecule has 0 atom stereocenters. The monoisotopic (exact) mass is 345 g/mol. The predicted octanol–water partition coefficient (Wildman–Crippen LogP) is 3.07. The second kappa shape index (κ2) is 8.61. The normalized spacial score (nSPS) is 10.7. The van der Waals surface area contributed by atoms with Crippen LogP contribution in [0.25, 0.3) is 0 Å². The maximum absolute atomic E-state index is 12.4. The third-order valence-corrected chi connectivity index (χ3v) is 4.47. The highest BCUT2D eigenvalue weighted by Crippen LogP contribution is 2.24. The molecule has 2 amide bonds. The van der Waals surface area contributed by atoms with Crippen LogP contribution in [0, 0.1) is 0 Å². The van der Waals surface area contributed by atoms with Gasteiger partial charge >= 0.3 is 0 Å². The Labute approximate surface area is 146 Å². The van der Waals surface area contributed by atoms with Crippen molar-refractivity contribution in [2.45, 2.75) is 19.8 Å². The predicted molar refractivity (Wildman–Crippen MR) is 99.1 cm³/mol. The summed E-state index contributed by atoms with van der Waals surface area (Å²) in [6.07, 6.45) is 0. The van der Waals surface area contributed by atoms with E-state index < -0.39 is 0 Å². The Hall–Kier alpha value is -2.18. The summed E-state index contributed by atoms with van der Waals surface area (Å²) >= 11 is 1.34. The third kappa shape index (κ3) is 4.66. The van der Waals surface area contributed by atoms with E-state index in [0.29, 0.717) is 35.1 Å². The summed E-state index contributed by atoms with van der Waals surface area (Å²) in [5.74, 6) is 0.0290. The fraction of sp³-hybridized carbons (Fsp3) is 0.333. The van der Waals surface area contributed by atoms with Crippen LogP contribution in [0.4, 0.5) is 5.00 Å². The number of thiophene rings is 1. The fourth-order valence-corrected chi connectivity index (χ4v) is 2.96. The largest absolute Gasteiger partial charge is 0.351 e. The van der Waals surface area contributed by atoms with Crippen LogP contribution < -0.4 is 16.0 Å². The second-order valence-corrected chi connectivity index (χ2v) is 6.67. The van der Waals surface area contributed by atoms with Crippen molar-refractivity contribution < 1.29 is 9.59 Å². The standard InChI is InChI=1S/C18H23N3O2S/c1-12(2)13-4-6-14(7-5-13)16(22)21-18-15(8-11-24-18)17(23)20-10-9-19-3/h4-8,11-12,19H,9-10H2,1-3H3,(H,20,23)(H,21,22). The van der Waals surface area contributed by atoms with Gasteiger partial charge in [0.15, 0.2) is 0 Å². The number of amides is 2. The Balaban J connectivity index is 2.04. The van der Waals surface area contributed by atoms with E-state index in [-0.39, 0.29) is 11.8 Å². The molecule has 1 heterocycles. The first kappa shape index (κ1) is 18.2. The molecule has 0 bridgehead atoms. The lowest BCUT2D eigenvalue weighted by atomic mass is 10.0. The molecular weight excluding hydrogens is 322 g/mol. The van der Waals surface area contributed by atoms with Crippen LogP contribution in [0.3, 0.4) is 0 Å². The van der Waals surface area contributed by atoms with Crippen molar-refractivity contribution in [3.63, 3.8) is 0 Å². The van der Waals surface area contributed by atoms with Gasteiger partial charge in [-0.3, -0.25) is 9.59 Å². The highest BCUT2D eigenvalue weighted by atomic mass is 32.1. The first-order valence-electron chi connectivity index (χ1n) is 7.94. The number of carbonyl (C=O) groups is 2. The lowest BCUT2D eigenvalue weighted by Crippen LogP contribution is -2.30. The maximum Gasteiger partial charge on any atom is 0.256 e. The molecule has 2 aromatic rings. The zero-order valence-corrected chi connectivity index (χ0v) is 15.0. The quantitative estimate of drug-likeness (QED) is 0.676. The first-order chi connectivity index (χ1) is 11.5. The summed E-state index contributed by atoms with van der Waals surface area (Å²) in [6, 6.07) is 9.26. The molecule has 0 aliphatic heterocycles. The van der Waals surface area contributed by atoms with Gasteiger partial charge in [-0.15, -0.1) is 11.3 Å². The van der Waals surface area contributed by atoms with Gasteiger partial charge in [0.1, 0.15) is 5.00 Å². The number of hydrogen-bond acceptors (Lipinski definition) is 4. The molecule has 128 valence electrons. The SMILES string of the molecule is CNCCNC(=O)c1ccsc1NC(=O)c1ccc(C(C)C)cc1. The number of carbonyl (C=O) groups excluding carboxylic acids is 2. The first-order valence-corrected chi connectivity index (χ1v) is 8.82. The molecule has 0 saturated heterocycles. The van der Waals surface area contributed by atoms with E-state index >= 15 is 0 Å². The third-order valence-electron chi connectivity index (χ3n) is 3.64. The van der Waals surface area contributed by atoms with Gasteiger partial charge in [0.2, 0.25) is 0 Å². The zero-order valence-electron chi connectivity index (χ0n) is 14.2. The Bertz CT molecular complexity index is 693. The highest BCUT2D eigenvalue weighted by molar-refractivity contribution is 7.14. The van der Waals surface area contributed by atoms with E-state index in [2.05, 4.69) is 29.8 Å². The van der Waals surface area contributed by atoms with Gasteiger partial charge < -0.3 is 16.0 Å². The van der Waals surface area contributed by atoms with Crippen molar-refractivity contribution in [2.75, 3.05) is 25.5 Å². The molecule has 6 heteroatoms. The molecule has 2 rings (SSSR count). The lowest BCUT2D eigenvalue weighted by molar-refractivity contribution is 0.0955. The van der Waals surface area contributed by atoms with E-state index in [1.807, 2.05) is 31.3 Å². The van der Waals surface area contributed by atoms with Crippen molar-refractivity contribution in [1.82, 2.24) is 10.6 Å². The van der Waals surface area contributed by atoms with Crippen LogP contribution >= 0.6 is 11.3 Å². The van der Waals surface area contributed by atoms with E-state index in [1.165, 1.54) is 16.9 Å². The molecule has 1 aromatic carbocycles. The van der Waals surface area contributed by atoms with Crippen LogP contribution in [0.5, 0.6) is 0 Å². The van der Waals surface area contributed by atoms with Crippen LogP contribution in [0.1, 0.15) is 46.0 Å². The van der Waals surface area contributed by atoms with Crippen LogP contribution in [-0.4, -0.2) is 32.0 Å². The Morgan fingerprint density at radius 1 is 1.04 bits per heavy atom. The number of benzene rings is 1. The summed E-state index contributed by atoms with van der Waals surface area (Å²) in [6.45, 7) is 5.45. The molecule has 0 saturated carbocycles. The molecule has 5 nitrogen and oxygen atoms in total. The molecule has 24 heavy (non-hydrogen) atoms. The van der Waals surface area contributed by atoms with Crippen LogP contribution in [0.2, 0.25) is 0 Å². The summed E-state index contributed by atoms with van der Waals surface area (Å²) < 4.78 is 0. The van der Waals surface area contributed by atoms with Crippen LogP contribution in [-0.2, 0) is 0 Å². The van der Waals surface area contributed by atoms with E-state index in [9.17, 15) is 9.59 Å². The van der Waals surface area contributed by atoms with Gasteiger partial charge in [-0.1, -0.05) is 26.0 Å². The van der Waals surface area contributed by atoms with Crippen molar-refractivity contribution in [2.24, 2.45) is 0 Å². The second-order valence-electron chi connectivity index (χ2n) is 5.75. The molecular formula is C18H23N3O2S. The van der Waals surface area contributed by atoms with E-state index in [4.69, 9.17) is 0 Å². The topological polar surface area (TPSA) is 70.2 Å². The van der Waals surface area contributed by atoms with Crippen molar-refractivity contribution in [3.05, 3.63) is 52.4 Å². The Morgan fingerprint density at radius 3 is 2.38 bits per heavy atom. The zero-order chi connectivity index (χ0) is 17.5. The minimum Gasteiger partial charge on any atom is -0.351 e. The average Bonchev–Trinajstić information content (AvgIpc) is 3.03. The average molecular weight is 345 g/mol. The summed E-state index contributed by atoms with van der Waals surface area (Å²) in [7, 11) is 1.83. The summed E-state index contributed by atoms with van der Waals surface area (Å²) in [4.78, 5) is 24.5. The lowest BCUT2D eigenvalue weighted by Gasteiger charge is -2.09. The molecule has 0 fully saturated rings. The minimum atomic E-state index is -0.211. The molecule has 0 radical (unpaired) electrons. The number of hydrogen-bond donors (Lipinski definition) is 3. The minimum absolute atomic E-state index is 0.183. The van der Waals surface area contributed by atoms with Gasteiger partial charge in [-0.05, 0) is 42.1 Å². The summed E-state index contributed by atoms with van der Waals surface area (Å²) in [5, 5.41) is 11.0. The number of anilines is 1. The highest BCUT2D eigenvalue weighted by Gasteiger charge is 2.15. The summed E-state index contributed by atoms with van der Waals surface area (Å²) in [5.41, 5.74) is 2.25. The Morgan fingerprint density at radius 2 is 1.75 bits per heavy atom. The van der Waals surface area contributed by atoms with Crippen molar-refractivity contribution in [1.29, 1.82) is 0 Å². The molecule has 1 aromatic heterocycles. The number of nitrogens with one attached hydrogen (secondary N) is 3. The fourth-order valence-electron chi connectivity index (χ4n) is 2.18. The number of likely N-dealkylation sites (N-methyl/N-ethyl adjacent to an activating group) is 1. The smallest absolute Gasteiger partial charge is 0.256 e. The Kier molecular flexibility index (Phi) is 6.52. The van der Waals surface area contributed by atoms with Crippen molar-refractivity contribution in [3.8, 4) is 0 Å². The molecule has 0 aliphatic rings. The molecule has 0 spiro atoms.